The summed E-state index contributed by atoms with van der Waals surface area (Å²) in [5.41, 5.74) is -0.123. The summed E-state index contributed by atoms with van der Waals surface area (Å²) >= 11 is 0. The number of aromatic amines is 1. The lowest BCUT2D eigenvalue weighted by molar-refractivity contribution is -0.120. The van der Waals surface area contributed by atoms with Gasteiger partial charge in [-0.25, -0.2) is 0 Å². The van der Waals surface area contributed by atoms with Gasteiger partial charge in [0.2, 0.25) is 11.5 Å². The molecule has 0 saturated carbocycles. The number of hydrogen-bond donors (Lipinski definition) is 3. The van der Waals surface area contributed by atoms with Gasteiger partial charge in [0.25, 0.3) is 5.91 Å². The molecule has 0 fully saturated rings. The summed E-state index contributed by atoms with van der Waals surface area (Å²) in [6.07, 6.45) is 1.39. The lowest BCUT2D eigenvalue weighted by Crippen LogP contribution is -2.38. The summed E-state index contributed by atoms with van der Waals surface area (Å²) in [5.74, 6) is -0.333. The van der Waals surface area contributed by atoms with Gasteiger partial charge in [-0.1, -0.05) is 13.8 Å². The summed E-state index contributed by atoms with van der Waals surface area (Å²) in [5, 5.41) is 5.12. The molecule has 0 aliphatic rings. The van der Waals surface area contributed by atoms with Gasteiger partial charge in [-0.05, 0) is 12.0 Å². The number of hydrogen-bond acceptors (Lipinski definition) is 3. The molecule has 1 rings (SSSR count). The molecular formula is C12H17N3O3. The largest absolute Gasteiger partial charge is 0.354 e. The number of amides is 2. The first-order valence-corrected chi connectivity index (χ1v) is 5.72. The van der Waals surface area contributed by atoms with Crippen LogP contribution in [0.3, 0.4) is 0 Å². The number of carbonyl (C=O) groups excluding carboxylic acids is 2. The van der Waals surface area contributed by atoms with Crippen LogP contribution in [0, 0.1) is 5.92 Å². The molecule has 1 aromatic rings. The number of rotatable bonds is 5. The van der Waals surface area contributed by atoms with E-state index in [9.17, 15) is 14.4 Å². The van der Waals surface area contributed by atoms with Crippen molar-refractivity contribution >= 4 is 11.8 Å². The van der Waals surface area contributed by atoms with E-state index in [0.717, 1.165) is 0 Å². The van der Waals surface area contributed by atoms with Crippen LogP contribution in [0.4, 0.5) is 0 Å². The number of carbonyl (C=O) groups is 2. The lowest BCUT2D eigenvalue weighted by Gasteiger charge is -2.08. The molecule has 0 spiro atoms. The maximum Gasteiger partial charge on any atom is 0.251 e. The SMILES string of the molecule is CC(C)CNC(=O)CNC(=O)c1cc[nH]c(=O)c1. The Hall–Kier alpha value is -2.11. The molecule has 6 heteroatoms. The fraction of sp³-hybridized carbons (Fsp3) is 0.417. The number of aromatic nitrogens is 1. The van der Waals surface area contributed by atoms with Gasteiger partial charge >= 0.3 is 0 Å². The molecule has 2 amide bonds. The molecule has 0 atom stereocenters. The highest BCUT2D eigenvalue weighted by Crippen LogP contribution is 1.92. The minimum Gasteiger partial charge on any atom is -0.354 e. The molecule has 0 aliphatic heterocycles. The summed E-state index contributed by atoms with van der Waals surface area (Å²) in [7, 11) is 0. The normalized spacial score (nSPS) is 10.2. The van der Waals surface area contributed by atoms with Crippen molar-refractivity contribution < 1.29 is 9.59 Å². The second kappa shape index (κ2) is 6.58. The number of pyridine rings is 1. The quantitative estimate of drug-likeness (QED) is 0.681. The van der Waals surface area contributed by atoms with E-state index in [2.05, 4.69) is 15.6 Å². The molecule has 0 saturated heterocycles. The Bertz CT molecular complexity index is 479. The number of nitrogens with one attached hydrogen (secondary N) is 3. The van der Waals surface area contributed by atoms with Gasteiger partial charge < -0.3 is 15.6 Å². The third kappa shape index (κ3) is 4.82. The zero-order valence-electron chi connectivity index (χ0n) is 10.4. The molecule has 6 nitrogen and oxygen atoms in total. The van der Waals surface area contributed by atoms with Crippen LogP contribution in [0.1, 0.15) is 24.2 Å². The number of H-pyrrole nitrogens is 1. The molecular weight excluding hydrogens is 234 g/mol. The molecule has 1 aromatic heterocycles. The van der Waals surface area contributed by atoms with Crippen molar-refractivity contribution in [3.63, 3.8) is 0 Å². The van der Waals surface area contributed by atoms with E-state index in [1.807, 2.05) is 13.8 Å². The highest BCUT2D eigenvalue weighted by molar-refractivity contribution is 5.96. The van der Waals surface area contributed by atoms with Crippen LogP contribution in [0.25, 0.3) is 0 Å². The Kier molecular flexibility index (Phi) is 5.10. The predicted molar refractivity (Wildman–Crippen MR) is 67.2 cm³/mol. The van der Waals surface area contributed by atoms with Gasteiger partial charge in [0.05, 0.1) is 6.54 Å². The van der Waals surface area contributed by atoms with Crippen molar-refractivity contribution in [1.82, 2.24) is 15.6 Å². The Morgan fingerprint density at radius 1 is 1.33 bits per heavy atom. The van der Waals surface area contributed by atoms with Crippen LogP contribution >= 0.6 is 0 Å². The van der Waals surface area contributed by atoms with Crippen LogP contribution < -0.4 is 16.2 Å². The fourth-order valence-electron chi connectivity index (χ4n) is 1.23. The Balaban J connectivity index is 2.42. The Morgan fingerprint density at radius 2 is 2.06 bits per heavy atom. The third-order valence-electron chi connectivity index (χ3n) is 2.15. The van der Waals surface area contributed by atoms with Crippen molar-refractivity contribution in [3.8, 4) is 0 Å². The lowest BCUT2D eigenvalue weighted by atomic mass is 10.2. The third-order valence-corrected chi connectivity index (χ3v) is 2.15. The molecule has 0 aliphatic carbocycles. The Labute approximate surface area is 105 Å². The van der Waals surface area contributed by atoms with E-state index in [4.69, 9.17) is 0 Å². The first-order valence-electron chi connectivity index (χ1n) is 5.72. The predicted octanol–water partition coefficient (Wildman–Crippen LogP) is -0.123. The van der Waals surface area contributed by atoms with Crippen molar-refractivity contribution in [2.24, 2.45) is 5.92 Å². The molecule has 1 heterocycles. The highest BCUT2D eigenvalue weighted by atomic mass is 16.2. The zero-order chi connectivity index (χ0) is 13.5. The van der Waals surface area contributed by atoms with E-state index >= 15 is 0 Å². The zero-order valence-corrected chi connectivity index (χ0v) is 10.4. The molecule has 0 bridgehead atoms. The molecule has 98 valence electrons. The van der Waals surface area contributed by atoms with Crippen molar-refractivity contribution in [2.45, 2.75) is 13.8 Å². The first-order chi connectivity index (χ1) is 8.49. The highest BCUT2D eigenvalue weighted by Gasteiger charge is 2.08. The topological polar surface area (TPSA) is 91.1 Å². The van der Waals surface area contributed by atoms with Gasteiger partial charge in [-0.15, -0.1) is 0 Å². The minimum absolute atomic E-state index is 0.0989. The van der Waals surface area contributed by atoms with E-state index < -0.39 is 5.91 Å². The van der Waals surface area contributed by atoms with Crippen LogP contribution in [-0.4, -0.2) is 29.9 Å². The second-order valence-corrected chi connectivity index (χ2v) is 4.32. The Morgan fingerprint density at radius 3 is 2.67 bits per heavy atom. The summed E-state index contributed by atoms with van der Waals surface area (Å²) < 4.78 is 0. The summed E-state index contributed by atoms with van der Waals surface area (Å²) in [6.45, 7) is 4.43. The van der Waals surface area contributed by atoms with Gasteiger partial charge in [-0.3, -0.25) is 14.4 Å². The molecule has 0 aromatic carbocycles. The molecule has 0 unspecified atom stereocenters. The van der Waals surface area contributed by atoms with Crippen LogP contribution in [0.5, 0.6) is 0 Å². The average Bonchev–Trinajstić information content (AvgIpc) is 2.33. The molecule has 0 radical (unpaired) electrons. The average molecular weight is 251 g/mol. The molecule has 18 heavy (non-hydrogen) atoms. The van der Waals surface area contributed by atoms with Crippen molar-refractivity contribution in [1.29, 1.82) is 0 Å². The minimum atomic E-state index is -0.444. The van der Waals surface area contributed by atoms with Gasteiger partial charge in [0, 0.05) is 24.4 Å². The van der Waals surface area contributed by atoms with E-state index in [1.54, 1.807) is 0 Å². The molecule has 3 N–H and O–H groups in total. The maximum atomic E-state index is 11.6. The van der Waals surface area contributed by atoms with Crippen molar-refractivity contribution in [3.05, 3.63) is 34.2 Å². The maximum absolute atomic E-state index is 11.6. The van der Waals surface area contributed by atoms with E-state index in [1.165, 1.54) is 18.3 Å². The van der Waals surface area contributed by atoms with Gasteiger partial charge in [-0.2, -0.15) is 0 Å². The van der Waals surface area contributed by atoms with Gasteiger partial charge in [0.15, 0.2) is 0 Å². The second-order valence-electron chi connectivity index (χ2n) is 4.32. The smallest absolute Gasteiger partial charge is 0.251 e. The monoisotopic (exact) mass is 251 g/mol. The van der Waals surface area contributed by atoms with Crippen molar-refractivity contribution in [2.75, 3.05) is 13.1 Å². The van der Waals surface area contributed by atoms with Gasteiger partial charge in [0.1, 0.15) is 0 Å². The van der Waals surface area contributed by atoms with E-state index in [-0.39, 0.29) is 23.6 Å². The van der Waals surface area contributed by atoms with Crippen LogP contribution in [0.2, 0.25) is 0 Å². The summed E-state index contributed by atoms with van der Waals surface area (Å²) in [4.78, 5) is 36.4. The summed E-state index contributed by atoms with van der Waals surface area (Å²) in [6, 6.07) is 2.66. The van der Waals surface area contributed by atoms with Crippen LogP contribution in [0.15, 0.2) is 23.1 Å². The van der Waals surface area contributed by atoms with E-state index in [0.29, 0.717) is 12.5 Å². The van der Waals surface area contributed by atoms with Crippen LogP contribution in [-0.2, 0) is 4.79 Å². The fourth-order valence-corrected chi connectivity index (χ4v) is 1.23. The first kappa shape index (κ1) is 14.0. The standard InChI is InChI=1S/C12H17N3O3/c1-8(2)6-14-11(17)7-15-12(18)9-3-4-13-10(16)5-9/h3-5,8H,6-7H2,1-2H3,(H,13,16)(H,14,17)(H,15,18).